The van der Waals surface area contributed by atoms with Crippen LogP contribution in [0.25, 0.3) is 22.4 Å². The van der Waals surface area contributed by atoms with Gasteiger partial charge in [0.15, 0.2) is 0 Å². The monoisotopic (exact) mass is 529 g/mol. The Balaban J connectivity index is 1.58. The number of carbonyl (C=O) groups is 1. The average molecular weight is 530 g/mol. The van der Waals surface area contributed by atoms with Gasteiger partial charge < -0.3 is 4.57 Å². The highest BCUT2D eigenvalue weighted by molar-refractivity contribution is 8.14. The number of nitrogens with zero attached hydrogens (tertiary/aromatic N) is 4. The number of fused-ring (bicyclic) bond motifs is 1. The lowest BCUT2D eigenvalue weighted by atomic mass is 9.80. The van der Waals surface area contributed by atoms with Crippen LogP contribution in [-0.2, 0) is 18.8 Å². The summed E-state index contributed by atoms with van der Waals surface area (Å²) in [5, 5.41) is 3.85. The minimum atomic E-state index is -4.42. The van der Waals surface area contributed by atoms with Gasteiger partial charge in [0, 0.05) is 24.4 Å². The van der Waals surface area contributed by atoms with Crippen molar-refractivity contribution in [2.75, 3.05) is 13.1 Å². The number of likely N-dealkylation sites (tertiary alicyclic amines) is 1. The molecule has 5 rings (SSSR count). The third kappa shape index (κ3) is 5.01. The van der Waals surface area contributed by atoms with Crippen LogP contribution in [0.2, 0.25) is 0 Å². The average Bonchev–Trinajstić information content (AvgIpc) is 3.23. The number of nitrogens with one attached hydrogen (secondary N) is 1. The molecule has 2 aliphatic rings. The van der Waals surface area contributed by atoms with Gasteiger partial charge in [-0.15, -0.1) is 0 Å². The zero-order chi connectivity index (χ0) is 26.2. The van der Waals surface area contributed by atoms with E-state index in [0.29, 0.717) is 11.4 Å². The summed E-state index contributed by atoms with van der Waals surface area (Å²) in [4.78, 5) is 19.4. The molecule has 1 saturated heterocycles. The molecule has 10 heteroatoms. The van der Waals surface area contributed by atoms with E-state index in [2.05, 4.69) is 34.5 Å². The molecule has 3 aromatic rings. The summed E-state index contributed by atoms with van der Waals surface area (Å²) in [5.74, 6) is 0.491. The van der Waals surface area contributed by atoms with Crippen LogP contribution in [-0.4, -0.2) is 44.2 Å². The summed E-state index contributed by atoms with van der Waals surface area (Å²) in [7, 11) is 1.83. The number of halogens is 3. The number of amides is 1. The van der Waals surface area contributed by atoms with Crippen LogP contribution in [0.15, 0.2) is 47.6 Å². The zero-order valence-corrected chi connectivity index (χ0v) is 21.7. The van der Waals surface area contributed by atoms with Crippen LogP contribution in [0.3, 0.4) is 0 Å². The third-order valence-corrected chi connectivity index (χ3v) is 8.50. The van der Waals surface area contributed by atoms with E-state index in [9.17, 15) is 18.0 Å². The molecule has 1 aromatic heterocycles. The molecule has 6 nitrogen and oxygen atoms in total. The van der Waals surface area contributed by atoms with Crippen molar-refractivity contribution < 1.29 is 18.0 Å². The number of imidazole rings is 1. The molecule has 196 valence electrons. The largest absolute Gasteiger partial charge is 0.416 e. The third-order valence-electron chi connectivity index (χ3n) is 7.61. The maximum atomic E-state index is 13.3. The normalized spacial score (nSPS) is 20.7. The van der Waals surface area contributed by atoms with E-state index in [0.717, 1.165) is 67.5 Å². The van der Waals surface area contributed by atoms with Crippen LogP contribution >= 0.6 is 11.8 Å². The van der Waals surface area contributed by atoms with Gasteiger partial charge in [0.05, 0.1) is 21.8 Å². The van der Waals surface area contributed by atoms with Crippen molar-refractivity contribution >= 4 is 34.2 Å². The van der Waals surface area contributed by atoms with Crippen LogP contribution in [0, 0.1) is 0 Å². The predicted molar refractivity (Wildman–Crippen MR) is 142 cm³/mol. The van der Waals surface area contributed by atoms with Gasteiger partial charge in [0.2, 0.25) is 0 Å². The van der Waals surface area contributed by atoms with Gasteiger partial charge in [-0.3, -0.25) is 9.69 Å². The minimum Gasteiger partial charge on any atom is -0.327 e. The maximum Gasteiger partial charge on any atom is 0.416 e. The van der Waals surface area contributed by atoms with Crippen molar-refractivity contribution in [2.24, 2.45) is 12.1 Å². The molecule has 2 atom stereocenters. The molecule has 0 saturated carbocycles. The van der Waals surface area contributed by atoms with Gasteiger partial charge >= 0.3 is 6.18 Å². The Bertz CT molecular complexity index is 1330. The first kappa shape index (κ1) is 25.8. The summed E-state index contributed by atoms with van der Waals surface area (Å²) < 4.78 is 41.9. The summed E-state index contributed by atoms with van der Waals surface area (Å²) in [5.41, 5.74) is 4.62. The SMILES string of the molecule is CCC(CC1C=NNC(=O)S1)(c1ccc2c(c1)nc(-c1cccc(C(F)(F)F)c1)n2C)N1CCCCC1. The minimum absolute atomic E-state index is 0.0595. The first-order chi connectivity index (χ1) is 17.7. The summed E-state index contributed by atoms with van der Waals surface area (Å²) in [6.07, 6.45) is 2.42. The summed E-state index contributed by atoms with van der Waals surface area (Å²) in [6, 6.07) is 11.5. The van der Waals surface area contributed by atoms with E-state index in [1.807, 2.05) is 23.9 Å². The van der Waals surface area contributed by atoms with E-state index in [-0.39, 0.29) is 16.0 Å². The standard InChI is InChI=1S/C27H30F3N5OS/c1-3-26(35-12-5-4-6-13-35,16-21-17-31-33-25(36)37-21)19-10-11-23-22(15-19)32-24(34(23)2)18-8-7-9-20(14-18)27(28,29)30/h7-11,14-15,17,21H,3-6,12-13,16H2,1-2H3,(H,33,36). The Kier molecular flexibility index (Phi) is 7.06. The first-order valence-corrected chi connectivity index (χ1v) is 13.5. The molecule has 0 spiro atoms. The fourth-order valence-corrected chi connectivity index (χ4v) is 6.56. The Morgan fingerprint density at radius 1 is 1.08 bits per heavy atom. The van der Waals surface area contributed by atoms with Crippen molar-refractivity contribution in [1.29, 1.82) is 0 Å². The van der Waals surface area contributed by atoms with Gasteiger partial charge in [-0.2, -0.15) is 18.3 Å². The molecule has 1 amide bonds. The Labute approximate surface area is 218 Å². The summed E-state index contributed by atoms with van der Waals surface area (Å²) >= 11 is 1.26. The number of aromatic nitrogens is 2. The van der Waals surface area contributed by atoms with Crippen molar-refractivity contribution in [3.63, 3.8) is 0 Å². The van der Waals surface area contributed by atoms with E-state index in [1.165, 1.54) is 24.2 Å². The molecule has 37 heavy (non-hydrogen) atoms. The lowest BCUT2D eigenvalue weighted by Gasteiger charge is -2.47. The number of hydrogen-bond donors (Lipinski definition) is 1. The topological polar surface area (TPSA) is 62.5 Å². The first-order valence-electron chi connectivity index (χ1n) is 12.6. The highest BCUT2D eigenvalue weighted by Gasteiger charge is 2.40. The number of hydrazone groups is 1. The lowest BCUT2D eigenvalue weighted by molar-refractivity contribution is -0.137. The quantitative estimate of drug-likeness (QED) is 0.393. The molecular weight excluding hydrogens is 499 g/mol. The van der Waals surface area contributed by atoms with Gasteiger partial charge in [-0.1, -0.05) is 43.3 Å². The zero-order valence-electron chi connectivity index (χ0n) is 20.9. The molecule has 0 radical (unpaired) electrons. The number of benzene rings is 2. The summed E-state index contributed by atoms with van der Waals surface area (Å²) in [6.45, 7) is 4.13. The lowest BCUT2D eigenvalue weighted by Crippen LogP contribution is -2.50. The van der Waals surface area contributed by atoms with Crippen molar-refractivity contribution in [3.05, 3.63) is 53.6 Å². The molecule has 2 aliphatic heterocycles. The Morgan fingerprint density at radius 3 is 2.57 bits per heavy atom. The predicted octanol–water partition coefficient (Wildman–Crippen LogP) is 6.55. The number of rotatable bonds is 6. The van der Waals surface area contributed by atoms with Crippen LogP contribution in [0.5, 0.6) is 0 Å². The fraction of sp³-hybridized carbons (Fsp3) is 0.444. The second-order valence-corrected chi connectivity index (χ2v) is 11.0. The van der Waals surface area contributed by atoms with Crippen LogP contribution in [0.1, 0.15) is 50.2 Å². The molecule has 0 aliphatic carbocycles. The van der Waals surface area contributed by atoms with E-state index < -0.39 is 11.7 Å². The maximum absolute atomic E-state index is 13.3. The van der Waals surface area contributed by atoms with Crippen molar-refractivity contribution in [2.45, 2.75) is 56.0 Å². The second kappa shape index (κ2) is 10.1. The highest BCUT2D eigenvalue weighted by Crippen LogP contribution is 2.42. The molecular formula is C27H30F3N5OS. The van der Waals surface area contributed by atoms with Gasteiger partial charge in [0.25, 0.3) is 5.24 Å². The highest BCUT2D eigenvalue weighted by atomic mass is 32.2. The van der Waals surface area contributed by atoms with Crippen LogP contribution in [0.4, 0.5) is 18.0 Å². The van der Waals surface area contributed by atoms with Crippen molar-refractivity contribution in [1.82, 2.24) is 19.9 Å². The fourth-order valence-electron chi connectivity index (χ4n) is 5.70. The number of aryl methyl sites for hydroxylation is 1. The Hall–Kier alpha value is -2.85. The molecule has 1 fully saturated rings. The number of carbonyl (C=O) groups excluding carboxylic acids is 1. The number of piperidine rings is 1. The molecule has 2 unspecified atom stereocenters. The van der Waals surface area contributed by atoms with Gasteiger partial charge in [0.1, 0.15) is 5.82 Å². The number of thioether (sulfide) groups is 1. The van der Waals surface area contributed by atoms with Gasteiger partial charge in [-0.05, 0) is 68.6 Å². The molecule has 3 heterocycles. The van der Waals surface area contributed by atoms with Crippen molar-refractivity contribution in [3.8, 4) is 11.4 Å². The van der Waals surface area contributed by atoms with Crippen LogP contribution < -0.4 is 5.43 Å². The molecule has 0 bridgehead atoms. The number of alkyl halides is 3. The second-order valence-electron chi connectivity index (χ2n) is 9.75. The van der Waals surface area contributed by atoms with E-state index in [4.69, 9.17) is 4.98 Å². The molecule has 2 aromatic carbocycles. The smallest absolute Gasteiger partial charge is 0.327 e. The van der Waals surface area contributed by atoms with E-state index in [1.54, 1.807) is 6.07 Å². The Morgan fingerprint density at radius 2 is 1.86 bits per heavy atom. The number of hydrogen-bond acceptors (Lipinski definition) is 5. The van der Waals surface area contributed by atoms with Gasteiger partial charge in [-0.25, -0.2) is 10.4 Å². The molecule has 1 N–H and O–H groups in total. The van der Waals surface area contributed by atoms with E-state index >= 15 is 0 Å².